The lowest BCUT2D eigenvalue weighted by Crippen LogP contribution is -2.11. The molecule has 0 fully saturated rings. The Kier molecular flexibility index (Phi) is 4.58. The van der Waals surface area contributed by atoms with Gasteiger partial charge in [0.2, 0.25) is 0 Å². The van der Waals surface area contributed by atoms with Crippen molar-refractivity contribution in [3.8, 4) is 39.1 Å². The van der Waals surface area contributed by atoms with E-state index < -0.39 is 5.91 Å². The molecule has 2 aromatic carbocycles. The first-order valence-electron chi connectivity index (χ1n) is 7.35. The van der Waals surface area contributed by atoms with E-state index in [4.69, 9.17) is 15.2 Å². The minimum Gasteiger partial charge on any atom is -0.507 e. The van der Waals surface area contributed by atoms with Crippen LogP contribution in [0, 0.1) is 0 Å². The number of nitrogens with zero attached hydrogens (tertiary/aromatic N) is 1. The molecule has 1 heterocycles. The molecular weight excluding hydrogens is 340 g/mol. The van der Waals surface area contributed by atoms with Crippen LogP contribution in [-0.4, -0.2) is 30.2 Å². The Morgan fingerprint density at radius 3 is 2.68 bits per heavy atom. The Labute approximate surface area is 148 Å². The number of hydrogen-bond donors (Lipinski definition) is 2. The fourth-order valence-electron chi connectivity index (χ4n) is 2.48. The van der Waals surface area contributed by atoms with Crippen LogP contribution in [0.4, 0.5) is 0 Å². The number of nitrogens with two attached hydrogens (primary N) is 1. The number of rotatable bonds is 5. The van der Waals surface area contributed by atoms with Crippen molar-refractivity contribution in [3.63, 3.8) is 0 Å². The molecule has 0 unspecified atom stereocenters. The number of aromatic hydroxyl groups is 1. The highest BCUT2D eigenvalue weighted by Crippen LogP contribution is 2.40. The third-order valence-corrected chi connectivity index (χ3v) is 4.57. The maximum absolute atomic E-state index is 11.4. The highest BCUT2D eigenvalue weighted by Gasteiger charge is 2.16. The van der Waals surface area contributed by atoms with E-state index in [0.717, 1.165) is 10.6 Å². The zero-order valence-corrected chi connectivity index (χ0v) is 14.5. The van der Waals surface area contributed by atoms with E-state index in [1.807, 2.05) is 23.6 Å². The Hall–Kier alpha value is -3.06. The summed E-state index contributed by atoms with van der Waals surface area (Å²) in [5.41, 5.74) is 7.52. The number of aromatic nitrogens is 1. The normalized spacial score (nSPS) is 10.5. The second-order valence-corrected chi connectivity index (χ2v) is 6.03. The predicted molar refractivity (Wildman–Crippen MR) is 96.3 cm³/mol. The summed E-state index contributed by atoms with van der Waals surface area (Å²) >= 11 is 1.44. The van der Waals surface area contributed by atoms with Crippen LogP contribution in [0.5, 0.6) is 17.2 Å². The Bertz CT molecular complexity index is 937. The summed E-state index contributed by atoms with van der Waals surface area (Å²) in [7, 11) is 3.16. The molecule has 3 aromatic rings. The van der Waals surface area contributed by atoms with E-state index in [1.54, 1.807) is 20.3 Å². The van der Waals surface area contributed by atoms with E-state index in [9.17, 15) is 9.90 Å². The second-order valence-electron chi connectivity index (χ2n) is 5.18. The standard InChI is InChI=1S/C18H16N2O4S/c1-23-15-5-3-4-11(16(15)24-2)18-20-13(9-25-18)10-6-7-14(21)12(8-10)17(19)22/h3-9,21H,1-2H3,(H2,19,22). The molecule has 0 spiro atoms. The maximum atomic E-state index is 11.4. The van der Waals surface area contributed by atoms with Gasteiger partial charge in [-0.1, -0.05) is 6.07 Å². The van der Waals surface area contributed by atoms with E-state index in [-0.39, 0.29) is 11.3 Å². The molecule has 6 nitrogen and oxygen atoms in total. The van der Waals surface area contributed by atoms with Crippen LogP contribution >= 0.6 is 11.3 Å². The lowest BCUT2D eigenvalue weighted by atomic mass is 10.1. The molecule has 0 saturated carbocycles. The molecule has 0 radical (unpaired) electrons. The van der Waals surface area contributed by atoms with Gasteiger partial charge < -0.3 is 20.3 Å². The van der Waals surface area contributed by atoms with Gasteiger partial charge in [-0.2, -0.15) is 0 Å². The molecular formula is C18H16N2O4S. The SMILES string of the molecule is COc1cccc(-c2nc(-c3ccc(O)c(C(N)=O)c3)cs2)c1OC. The lowest BCUT2D eigenvalue weighted by Gasteiger charge is -2.10. The third-order valence-electron chi connectivity index (χ3n) is 3.70. The van der Waals surface area contributed by atoms with Gasteiger partial charge in [-0.15, -0.1) is 11.3 Å². The Balaban J connectivity index is 2.05. The largest absolute Gasteiger partial charge is 0.507 e. The smallest absolute Gasteiger partial charge is 0.252 e. The summed E-state index contributed by atoms with van der Waals surface area (Å²) in [6.45, 7) is 0. The highest BCUT2D eigenvalue weighted by molar-refractivity contribution is 7.13. The van der Waals surface area contributed by atoms with E-state index in [0.29, 0.717) is 22.8 Å². The van der Waals surface area contributed by atoms with Crippen molar-refractivity contribution in [2.45, 2.75) is 0 Å². The summed E-state index contributed by atoms with van der Waals surface area (Å²) in [5.74, 6) is 0.386. The number of carbonyl (C=O) groups is 1. The monoisotopic (exact) mass is 356 g/mol. The van der Waals surface area contributed by atoms with Gasteiger partial charge in [0.25, 0.3) is 5.91 Å². The van der Waals surface area contributed by atoms with Gasteiger partial charge in [0.1, 0.15) is 10.8 Å². The predicted octanol–water partition coefficient (Wildman–Crippen LogP) is 3.30. The number of ether oxygens (including phenoxy) is 2. The summed E-state index contributed by atoms with van der Waals surface area (Å²) in [6, 6.07) is 10.2. The second kappa shape index (κ2) is 6.82. The van der Waals surface area contributed by atoms with Crippen molar-refractivity contribution in [3.05, 3.63) is 47.3 Å². The molecule has 0 saturated heterocycles. The van der Waals surface area contributed by atoms with Crippen molar-refractivity contribution in [2.24, 2.45) is 5.73 Å². The van der Waals surface area contributed by atoms with Gasteiger partial charge in [0, 0.05) is 10.9 Å². The van der Waals surface area contributed by atoms with Crippen LogP contribution in [0.3, 0.4) is 0 Å². The van der Waals surface area contributed by atoms with Crippen LogP contribution in [-0.2, 0) is 0 Å². The molecule has 0 aliphatic heterocycles. The first-order valence-corrected chi connectivity index (χ1v) is 8.23. The summed E-state index contributed by atoms with van der Waals surface area (Å²) in [6.07, 6.45) is 0. The minimum absolute atomic E-state index is 0.0611. The molecule has 3 rings (SSSR count). The Morgan fingerprint density at radius 2 is 2.00 bits per heavy atom. The van der Waals surface area contributed by atoms with E-state index in [1.165, 1.54) is 23.5 Å². The third kappa shape index (κ3) is 3.14. The van der Waals surface area contributed by atoms with Crippen molar-refractivity contribution in [2.75, 3.05) is 14.2 Å². The summed E-state index contributed by atoms with van der Waals surface area (Å²) < 4.78 is 10.8. The molecule has 7 heteroatoms. The molecule has 128 valence electrons. The highest BCUT2D eigenvalue weighted by atomic mass is 32.1. The summed E-state index contributed by atoms with van der Waals surface area (Å²) in [4.78, 5) is 16.0. The number of amides is 1. The topological polar surface area (TPSA) is 94.7 Å². The first-order chi connectivity index (χ1) is 12.0. The van der Waals surface area contributed by atoms with Crippen LogP contribution in [0.2, 0.25) is 0 Å². The average molecular weight is 356 g/mol. The van der Waals surface area contributed by atoms with Crippen LogP contribution < -0.4 is 15.2 Å². The maximum Gasteiger partial charge on any atom is 0.252 e. The van der Waals surface area contributed by atoms with Gasteiger partial charge in [0.05, 0.1) is 31.0 Å². The molecule has 3 N–H and O–H groups in total. The number of thiazole rings is 1. The number of hydrogen-bond acceptors (Lipinski definition) is 6. The fraction of sp³-hybridized carbons (Fsp3) is 0.111. The van der Waals surface area contributed by atoms with Crippen molar-refractivity contribution in [1.82, 2.24) is 4.98 Å². The first kappa shape index (κ1) is 16.8. The van der Waals surface area contributed by atoms with Crippen LogP contribution in [0.1, 0.15) is 10.4 Å². The number of benzene rings is 2. The zero-order chi connectivity index (χ0) is 18.0. The quantitative estimate of drug-likeness (QED) is 0.731. The van der Waals surface area contributed by atoms with Gasteiger partial charge in [-0.25, -0.2) is 4.98 Å². The van der Waals surface area contributed by atoms with Crippen LogP contribution in [0.15, 0.2) is 41.8 Å². The van der Waals surface area contributed by atoms with Gasteiger partial charge >= 0.3 is 0 Å². The molecule has 0 atom stereocenters. The summed E-state index contributed by atoms with van der Waals surface area (Å²) in [5, 5.41) is 12.3. The van der Waals surface area contributed by atoms with Crippen molar-refractivity contribution in [1.29, 1.82) is 0 Å². The molecule has 0 aliphatic rings. The average Bonchev–Trinajstić information content (AvgIpc) is 3.10. The number of phenols is 1. The fourth-order valence-corrected chi connectivity index (χ4v) is 3.33. The minimum atomic E-state index is -0.690. The van der Waals surface area contributed by atoms with E-state index in [2.05, 4.69) is 4.98 Å². The van der Waals surface area contributed by atoms with Gasteiger partial charge in [-0.05, 0) is 30.3 Å². The number of carbonyl (C=O) groups excluding carboxylic acids is 1. The molecule has 0 aliphatic carbocycles. The van der Waals surface area contributed by atoms with Crippen molar-refractivity contribution < 1.29 is 19.4 Å². The van der Waals surface area contributed by atoms with Gasteiger partial charge in [0.15, 0.2) is 11.5 Å². The molecule has 25 heavy (non-hydrogen) atoms. The van der Waals surface area contributed by atoms with Crippen LogP contribution in [0.25, 0.3) is 21.8 Å². The molecule has 1 amide bonds. The number of primary amides is 1. The molecule has 0 bridgehead atoms. The van der Waals surface area contributed by atoms with E-state index >= 15 is 0 Å². The van der Waals surface area contributed by atoms with Crippen molar-refractivity contribution >= 4 is 17.2 Å². The number of methoxy groups -OCH3 is 2. The molecule has 1 aromatic heterocycles. The lowest BCUT2D eigenvalue weighted by molar-refractivity contribution is 0.0998. The van der Waals surface area contributed by atoms with Gasteiger partial charge in [-0.3, -0.25) is 4.79 Å². The zero-order valence-electron chi connectivity index (χ0n) is 13.6. The Morgan fingerprint density at radius 1 is 1.20 bits per heavy atom. The number of para-hydroxylation sites is 1.